The first kappa shape index (κ1) is 24.6. The van der Waals surface area contributed by atoms with Gasteiger partial charge in [-0.05, 0) is 52.6 Å². The number of hydrogen-bond acceptors (Lipinski definition) is 4. The summed E-state index contributed by atoms with van der Waals surface area (Å²) in [6, 6.07) is 16.4. The Balaban J connectivity index is 1.58. The average Bonchev–Trinajstić information content (AvgIpc) is 2.76. The number of carbonyl (C=O) groups excluding carboxylic acids is 3. The first-order valence-electron chi connectivity index (χ1n) is 10.2. The molecule has 0 radical (unpaired) electrons. The second kappa shape index (κ2) is 13.6. The topological polar surface area (TPSA) is 111 Å². The fourth-order valence-corrected chi connectivity index (χ4v) is 3.53. The molecule has 2 rings (SSSR count). The molecular weight excluding hydrogens is 509 g/mol. The lowest BCUT2D eigenvalue weighted by molar-refractivity contribution is -0.127. The Morgan fingerprint density at radius 2 is 1.68 bits per heavy atom. The molecule has 166 valence electrons. The van der Waals surface area contributed by atoms with E-state index in [2.05, 4.69) is 33.2 Å². The van der Waals surface area contributed by atoms with Crippen LogP contribution in [0.3, 0.4) is 0 Å². The highest BCUT2D eigenvalue weighted by Gasteiger charge is 2.19. The van der Waals surface area contributed by atoms with Crippen LogP contribution in [0.2, 0.25) is 0 Å². The molecule has 0 saturated carbocycles. The minimum atomic E-state index is -0.732. The molecule has 0 spiro atoms. The largest absolute Gasteiger partial charge is 0.445 e. The first-order chi connectivity index (χ1) is 15.0. The quantitative estimate of drug-likeness (QED) is 0.285. The summed E-state index contributed by atoms with van der Waals surface area (Å²) in [4.78, 5) is 35.6. The van der Waals surface area contributed by atoms with Crippen molar-refractivity contribution in [2.75, 3.05) is 6.54 Å². The van der Waals surface area contributed by atoms with Crippen molar-refractivity contribution in [1.82, 2.24) is 10.6 Å². The third-order valence-corrected chi connectivity index (χ3v) is 5.68. The number of hydrogen-bond donors (Lipinski definition) is 3. The molecular formula is C23H28IN3O4. The Morgan fingerprint density at radius 3 is 2.39 bits per heavy atom. The van der Waals surface area contributed by atoms with Gasteiger partial charge >= 0.3 is 6.09 Å². The fourth-order valence-electron chi connectivity index (χ4n) is 2.93. The molecule has 0 unspecified atom stereocenters. The summed E-state index contributed by atoms with van der Waals surface area (Å²) in [5.74, 6) is -0.754. The third kappa shape index (κ3) is 9.82. The average molecular weight is 537 g/mol. The number of alkyl carbamates (subject to hydrolysis) is 1. The Kier molecular flexibility index (Phi) is 10.8. The van der Waals surface area contributed by atoms with Gasteiger partial charge in [-0.2, -0.15) is 0 Å². The van der Waals surface area contributed by atoms with Gasteiger partial charge in [0.1, 0.15) is 12.6 Å². The van der Waals surface area contributed by atoms with Crippen LogP contribution in [0.5, 0.6) is 0 Å². The van der Waals surface area contributed by atoms with Gasteiger partial charge in [0.05, 0.1) is 0 Å². The number of rotatable bonds is 12. The van der Waals surface area contributed by atoms with E-state index in [1.807, 2.05) is 54.6 Å². The molecule has 0 aliphatic carbocycles. The van der Waals surface area contributed by atoms with E-state index in [4.69, 9.17) is 10.5 Å². The minimum absolute atomic E-state index is 0.204. The lowest BCUT2D eigenvalue weighted by atomic mass is 10.1. The zero-order chi connectivity index (χ0) is 22.5. The van der Waals surface area contributed by atoms with Crippen molar-refractivity contribution in [3.05, 3.63) is 69.3 Å². The molecule has 0 bridgehead atoms. The maximum atomic E-state index is 12.2. The van der Waals surface area contributed by atoms with Crippen molar-refractivity contribution in [2.45, 2.75) is 44.8 Å². The van der Waals surface area contributed by atoms with Crippen molar-refractivity contribution in [2.24, 2.45) is 5.73 Å². The van der Waals surface area contributed by atoms with Gasteiger partial charge in [-0.15, -0.1) is 0 Å². The molecule has 31 heavy (non-hydrogen) atoms. The minimum Gasteiger partial charge on any atom is -0.445 e. The van der Waals surface area contributed by atoms with Crippen LogP contribution < -0.4 is 16.4 Å². The zero-order valence-corrected chi connectivity index (χ0v) is 19.5. The lowest BCUT2D eigenvalue weighted by Crippen LogP contribution is -2.45. The van der Waals surface area contributed by atoms with Crippen LogP contribution in [0, 0.1) is 3.57 Å². The molecule has 4 N–H and O–H groups in total. The summed E-state index contributed by atoms with van der Waals surface area (Å²) in [6.45, 7) is 0.710. The monoisotopic (exact) mass is 537 g/mol. The summed E-state index contributed by atoms with van der Waals surface area (Å²) < 4.78 is 6.16. The summed E-state index contributed by atoms with van der Waals surface area (Å²) >= 11 is 2.20. The third-order valence-electron chi connectivity index (χ3n) is 4.62. The number of halogens is 1. The SMILES string of the molecule is NC(=O)[C@H](Cc1ccccc1I)NC(=O)CCCCCNC(=O)OCc1ccccc1. The molecule has 8 heteroatoms. The van der Waals surface area contributed by atoms with Gasteiger partial charge in [-0.1, -0.05) is 55.0 Å². The van der Waals surface area contributed by atoms with E-state index in [1.54, 1.807) is 0 Å². The van der Waals surface area contributed by atoms with Gasteiger partial charge in [0.25, 0.3) is 0 Å². The van der Waals surface area contributed by atoms with E-state index >= 15 is 0 Å². The molecule has 0 saturated heterocycles. The number of carbonyl (C=O) groups is 3. The summed E-state index contributed by atoms with van der Waals surface area (Å²) in [5, 5.41) is 5.42. The van der Waals surface area contributed by atoms with Gasteiger partial charge in [0.15, 0.2) is 0 Å². The van der Waals surface area contributed by atoms with Crippen LogP contribution >= 0.6 is 22.6 Å². The van der Waals surface area contributed by atoms with E-state index in [1.165, 1.54) is 0 Å². The van der Waals surface area contributed by atoms with Gasteiger partial charge in [0, 0.05) is 23.0 Å². The van der Waals surface area contributed by atoms with Crippen molar-refractivity contribution in [1.29, 1.82) is 0 Å². The van der Waals surface area contributed by atoms with Crippen LogP contribution in [0.4, 0.5) is 4.79 Å². The van der Waals surface area contributed by atoms with E-state index in [-0.39, 0.29) is 12.5 Å². The fraction of sp³-hybridized carbons (Fsp3) is 0.348. The predicted molar refractivity (Wildman–Crippen MR) is 127 cm³/mol. The predicted octanol–water partition coefficient (Wildman–Crippen LogP) is 3.29. The van der Waals surface area contributed by atoms with Crippen LogP contribution in [0.1, 0.15) is 36.8 Å². The molecule has 0 heterocycles. The summed E-state index contributed by atoms with van der Waals surface area (Å²) in [5.41, 5.74) is 7.36. The first-order valence-corrected chi connectivity index (χ1v) is 11.3. The van der Waals surface area contributed by atoms with Crippen LogP contribution in [-0.2, 0) is 27.4 Å². The molecule has 7 nitrogen and oxygen atoms in total. The van der Waals surface area contributed by atoms with Gasteiger partial charge in [-0.25, -0.2) is 4.79 Å². The molecule has 0 aromatic heterocycles. The van der Waals surface area contributed by atoms with Gasteiger partial charge < -0.3 is 21.1 Å². The Morgan fingerprint density at radius 1 is 0.968 bits per heavy atom. The molecule has 0 fully saturated rings. The maximum absolute atomic E-state index is 12.2. The summed E-state index contributed by atoms with van der Waals surface area (Å²) in [6.07, 6.45) is 2.37. The Hall–Kier alpha value is -2.62. The number of ether oxygens (including phenoxy) is 1. The number of primary amides is 1. The highest BCUT2D eigenvalue weighted by atomic mass is 127. The van der Waals surface area contributed by atoms with E-state index in [0.29, 0.717) is 25.8 Å². The number of nitrogens with one attached hydrogen (secondary N) is 2. The van der Waals surface area contributed by atoms with Crippen LogP contribution in [-0.4, -0.2) is 30.5 Å². The highest BCUT2D eigenvalue weighted by Crippen LogP contribution is 2.13. The molecule has 1 atom stereocenters. The number of benzene rings is 2. The second-order valence-corrected chi connectivity index (χ2v) is 8.28. The molecule has 2 aromatic carbocycles. The Labute approximate surface area is 196 Å². The maximum Gasteiger partial charge on any atom is 0.407 e. The van der Waals surface area contributed by atoms with E-state index < -0.39 is 18.0 Å². The van der Waals surface area contributed by atoms with E-state index in [0.717, 1.165) is 27.5 Å². The molecule has 0 aliphatic rings. The van der Waals surface area contributed by atoms with Crippen molar-refractivity contribution < 1.29 is 19.1 Å². The second-order valence-electron chi connectivity index (χ2n) is 7.12. The molecule has 0 aliphatic heterocycles. The van der Waals surface area contributed by atoms with Crippen LogP contribution in [0.15, 0.2) is 54.6 Å². The number of nitrogens with two attached hydrogens (primary N) is 1. The lowest BCUT2D eigenvalue weighted by Gasteiger charge is -2.16. The van der Waals surface area contributed by atoms with Crippen LogP contribution in [0.25, 0.3) is 0 Å². The van der Waals surface area contributed by atoms with E-state index in [9.17, 15) is 14.4 Å². The van der Waals surface area contributed by atoms with Gasteiger partial charge in [0.2, 0.25) is 11.8 Å². The molecule has 2 aromatic rings. The molecule has 3 amide bonds. The standard InChI is InChI=1S/C23H28IN3O4/c24-19-12-7-6-11-18(19)15-20(22(25)29)27-21(28)13-5-2-8-14-26-23(30)31-16-17-9-3-1-4-10-17/h1,3-4,6-7,9-12,20H,2,5,8,13-16H2,(H2,25,29)(H,26,30)(H,27,28)/t20-/m0/s1. The van der Waals surface area contributed by atoms with Gasteiger partial charge in [-0.3, -0.25) is 9.59 Å². The van der Waals surface area contributed by atoms with Crippen molar-refractivity contribution >= 4 is 40.5 Å². The highest BCUT2D eigenvalue weighted by molar-refractivity contribution is 14.1. The Bertz CT molecular complexity index is 861. The normalized spacial score (nSPS) is 11.4. The van der Waals surface area contributed by atoms with Crippen molar-refractivity contribution in [3.8, 4) is 0 Å². The summed E-state index contributed by atoms with van der Waals surface area (Å²) in [7, 11) is 0. The number of unbranched alkanes of at least 4 members (excludes halogenated alkanes) is 2. The smallest absolute Gasteiger partial charge is 0.407 e. The van der Waals surface area contributed by atoms with Crippen molar-refractivity contribution in [3.63, 3.8) is 0 Å². The number of amides is 3. The zero-order valence-electron chi connectivity index (χ0n) is 17.3.